The maximum atomic E-state index is 15.2. The summed E-state index contributed by atoms with van der Waals surface area (Å²) in [7, 11) is 0. The van der Waals surface area contributed by atoms with Gasteiger partial charge in [-0.05, 0) is 70.5 Å². The zero-order chi connectivity index (χ0) is 33.7. The molecule has 0 atom stereocenters. The average Bonchev–Trinajstić information content (AvgIpc) is 3.03. The second-order valence-electron chi connectivity index (χ2n) is 11.0. The topological polar surface area (TPSA) is 9.23 Å². The molecule has 9 heteroatoms. The van der Waals surface area contributed by atoms with Crippen molar-refractivity contribution in [2.24, 2.45) is 0 Å². The molecule has 0 aromatic heterocycles. The van der Waals surface area contributed by atoms with E-state index >= 15 is 4.39 Å². The van der Waals surface area contributed by atoms with Gasteiger partial charge in [-0.2, -0.15) is 8.78 Å². The van der Waals surface area contributed by atoms with Gasteiger partial charge in [0, 0.05) is 29.3 Å². The fourth-order valence-corrected chi connectivity index (χ4v) is 5.09. The molecule has 0 aliphatic rings. The Morgan fingerprint density at radius 3 is 1.70 bits per heavy atom. The first-order valence-electron chi connectivity index (χ1n) is 14.8. The predicted molar refractivity (Wildman–Crippen MR) is 167 cm³/mol. The first-order chi connectivity index (χ1) is 22.4. The molecule has 1 nitrogen and oxygen atoms in total. The fraction of sp³-hybridized carbons (Fsp3) is 0.158. The molecular weight excluding hydrogens is 624 g/mol. The summed E-state index contributed by atoms with van der Waals surface area (Å²) in [4.78, 5) is 0. The van der Waals surface area contributed by atoms with E-state index in [0.717, 1.165) is 42.5 Å². The fourth-order valence-electron chi connectivity index (χ4n) is 5.09. The molecule has 5 aromatic carbocycles. The standard InChI is InChI=1S/C38H28F8O/c1-2-3-4-5-23-6-8-24(9-7-23)27-14-15-30(32(39)18-27)26-12-10-25(11-13-26)28-19-33(40)31(34(41)20-28)16-17-38(45,46)47-29-21-35(42)37(44)36(43)22-29/h6-22H,2-5H2,1H3. The summed E-state index contributed by atoms with van der Waals surface area (Å²) in [5, 5.41) is 0. The van der Waals surface area contributed by atoms with E-state index < -0.39 is 52.3 Å². The number of ether oxygens (including phenoxy) is 1. The number of rotatable bonds is 11. The van der Waals surface area contributed by atoms with Crippen molar-refractivity contribution in [2.75, 3.05) is 0 Å². The van der Waals surface area contributed by atoms with E-state index in [1.807, 2.05) is 18.2 Å². The normalized spacial score (nSPS) is 11.8. The number of hydrogen-bond donors (Lipinski definition) is 0. The van der Waals surface area contributed by atoms with Crippen molar-refractivity contribution in [3.63, 3.8) is 0 Å². The van der Waals surface area contributed by atoms with Crippen molar-refractivity contribution in [1.82, 2.24) is 0 Å². The van der Waals surface area contributed by atoms with Crippen molar-refractivity contribution < 1.29 is 39.9 Å². The van der Waals surface area contributed by atoms with Crippen LogP contribution in [0.2, 0.25) is 0 Å². The molecule has 0 heterocycles. The highest BCUT2D eigenvalue weighted by Crippen LogP contribution is 2.32. The second-order valence-corrected chi connectivity index (χ2v) is 11.0. The van der Waals surface area contributed by atoms with E-state index in [4.69, 9.17) is 0 Å². The van der Waals surface area contributed by atoms with E-state index in [-0.39, 0.29) is 23.8 Å². The first-order valence-corrected chi connectivity index (χ1v) is 14.8. The summed E-state index contributed by atoms with van der Waals surface area (Å²) in [6, 6.07) is 21.6. The highest BCUT2D eigenvalue weighted by molar-refractivity contribution is 5.74. The highest BCUT2D eigenvalue weighted by Gasteiger charge is 2.29. The number of unbranched alkanes of at least 4 members (excludes halogenated alkanes) is 2. The van der Waals surface area contributed by atoms with Crippen molar-refractivity contribution in [3.8, 4) is 39.1 Å². The molecule has 0 N–H and O–H groups in total. The molecule has 0 saturated heterocycles. The molecular formula is C38H28F8O. The molecule has 5 rings (SSSR count). The molecule has 0 unspecified atom stereocenters. The SMILES string of the molecule is CCCCCc1ccc(-c2ccc(-c3ccc(-c4cc(F)c(C=CC(F)(F)Oc5cc(F)c(F)c(F)c5)c(F)c4)cc3)c(F)c2)cc1. The van der Waals surface area contributed by atoms with Gasteiger partial charge in [0.2, 0.25) is 0 Å². The monoisotopic (exact) mass is 652 g/mol. The zero-order valence-electron chi connectivity index (χ0n) is 25.1. The van der Waals surface area contributed by atoms with E-state index in [2.05, 4.69) is 23.8 Å². The van der Waals surface area contributed by atoms with Gasteiger partial charge < -0.3 is 4.74 Å². The second kappa shape index (κ2) is 14.2. The molecule has 0 radical (unpaired) electrons. The van der Waals surface area contributed by atoms with Crippen LogP contribution in [-0.2, 0) is 6.42 Å². The quantitative estimate of drug-likeness (QED) is 0.0784. The van der Waals surface area contributed by atoms with Crippen LogP contribution in [0.5, 0.6) is 5.75 Å². The minimum atomic E-state index is -4.25. The predicted octanol–water partition coefficient (Wildman–Crippen LogP) is 11.9. The van der Waals surface area contributed by atoms with Crippen LogP contribution in [0.1, 0.15) is 37.3 Å². The summed E-state index contributed by atoms with van der Waals surface area (Å²) < 4.78 is 117. The van der Waals surface area contributed by atoms with E-state index in [0.29, 0.717) is 22.8 Å². The van der Waals surface area contributed by atoms with Crippen molar-refractivity contribution in [3.05, 3.63) is 143 Å². The van der Waals surface area contributed by atoms with Crippen molar-refractivity contribution in [2.45, 2.75) is 38.7 Å². The van der Waals surface area contributed by atoms with Crippen LogP contribution in [0.4, 0.5) is 35.1 Å². The van der Waals surface area contributed by atoms with Gasteiger partial charge in [-0.15, -0.1) is 0 Å². The van der Waals surface area contributed by atoms with E-state index in [1.165, 1.54) is 18.1 Å². The Hall–Kier alpha value is -4.92. The van der Waals surface area contributed by atoms with Gasteiger partial charge >= 0.3 is 6.11 Å². The minimum Gasteiger partial charge on any atom is -0.429 e. The van der Waals surface area contributed by atoms with Gasteiger partial charge in [-0.25, -0.2) is 26.3 Å². The lowest BCUT2D eigenvalue weighted by Crippen LogP contribution is -2.21. The molecule has 5 aromatic rings. The summed E-state index contributed by atoms with van der Waals surface area (Å²) in [5.74, 6) is -9.20. The Balaban J connectivity index is 1.29. The van der Waals surface area contributed by atoms with Crippen LogP contribution in [0.25, 0.3) is 39.5 Å². The van der Waals surface area contributed by atoms with Crippen LogP contribution >= 0.6 is 0 Å². The molecule has 0 aliphatic heterocycles. The Bertz CT molecular complexity index is 1850. The molecule has 0 amide bonds. The highest BCUT2D eigenvalue weighted by atomic mass is 19.3. The lowest BCUT2D eigenvalue weighted by Gasteiger charge is -2.15. The van der Waals surface area contributed by atoms with Crippen LogP contribution in [0, 0.1) is 34.9 Å². The minimum absolute atomic E-state index is 0.00831. The molecule has 0 bridgehead atoms. The molecule has 0 spiro atoms. The van der Waals surface area contributed by atoms with Gasteiger partial charge in [0.15, 0.2) is 17.5 Å². The molecule has 47 heavy (non-hydrogen) atoms. The summed E-state index contributed by atoms with van der Waals surface area (Å²) in [5.41, 5.74) is 3.38. The number of benzene rings is 5. The van der Waals surface area contributed by atoms with Crippen molar-refractivity contribution in [1.29, 1.82) is 0 Å². The Morgan fingerprint density at radius 2 is 1.11 bits per heavy atom. The summed E-state index contributed by atoms with van der Waals surface area (Å²) in [6.45, 7) is 2.16. The molecule has 0 aliphatic carbocycles. The average molecular weight is 653 g/mol. The molecule has 0 fully saturated rings. The lowest BCUT2D eigenvalue weighted by atomic mass is 9.96. The largest absolute Gasteiger partial charge is 0.429 e. The number of alkyl halides is 2. The van der Waals surface area contributed by atoms with Crippen LogP contribution in [0.15, 0.2) is 97.1 Å². The van der Waals surface area contributed by atoms with Crippen LogP contribution in [0.3, 0.4) is 0 Å². The smallest absolute Gasteiger partial charge is 0.419 e. The molecule has 0 saturated carbocycles. The van der Waals surface area contributed by atoms with Gasteiger partial charge in [0.05, 0.1) is 0 Å². The third-order valence-corrected chi connectivity index (χ3v) is 7.59. The number of aryl methyl sites for hydroxylation is 1. The lowest BCUT2D eigenvalue weighted by molar-refractivity contribution is -0.131. The van der Waals surface area contributed by atoms with Crippen molar-refractivity contribution >= 4 is 6.08 Å². The third-order valence-electron chi connectivity index (χ3n) is 7.59. The van der Waals surface area contributed by atoms with Crippen LogP contribution < -0.4 is 4.74 Å². The number of halogens is 8. The van der Waals surface area contributed by atoms with Gasteiger partial charge in [-0.1, -0.05) is 80.4 Å². The Morgan fingerprint density at radius 1 is 0.574 bits per heavy atom. The zero-order valence-corrected chi connectivity index (χ0v) is 25.1. The van der Waals surface area contributed by atoms with E-state index in [1.54, 1.807) is 30.3 Å². The maximum absolute atomic E-state index is 15.2. The Labute approximate surface area is 266 Å². The summed E-state index contributed by atoms with van der Waals surface area (Å²) >= 11 is 0. The van der Waals surface area contributed by atoms with Gasteiger partial charge in [0.1, 0.15) is 23.2 Å². The third kappa shape index (κ3) is 8.09. The first kappa shape index (κ1) is 33.4. The summed E-state index contributed by atoms with van der Waals surface area (Å²) in [6.07, 6.45) is 0.604. The van der Waals surface area contributed by atoms with E-state index in [9.17, 15) is 30.7 Å². The van der Waals surface area contributed by atoms with Gasteiger partial charge in [0.25, 0.3) is 0 Å². The number of hydrogen-bond acceptors (Lipinski definition) is 1. The Kier molecular flexibility index (Phi) is 10.1. The molecule has 242 valence electrons. The van der Waals surface area contributed by atoms with Crippen LogP contribution in [-0.4, -0.2) is 6.11 Å². The maximum Gasteiger partial charge on any atom is 0.419 e. The van der Waals surface area contributed by atoms with Gasteiger partial charge in [-0.3, -0.25) is 0 Å².